The quantitative estimate of drug-likeness (QED) is 0.817. The van der Waals surface area contributed by atoms with Crippen LogP contribution in [0.1, 0.15) is 63.5 Å². The van der Waals surface area contributed by atoms with Gasteiger partial charge in [-0.05, 0) is 46.2 Å². The number of nitrogens with zero attached hydrogens (tertiary/aromatic N) is 2. The van der Waals surface area contributed by atoms with Crippen LogP contribution in [0.5, 0.6) is 0 Å². The van der Waals surface area contributed by atoms with Crippen molar-refractivity contribution in [3.05, 3.63) is 46.3 Å². The largest absolute Gasteiger partial charge is 0.466 e. The van der Waals surface area contributed by atoms with Gasteiger partial charge in [-0.25, -0.2) is 0 Å². The molecule has 0 N–H and O–H groups in total. The summed E-state index contributed by atoms with van der Waals surface area (Å²) in [5.74, 6) is 2.74. The van der Waals surface area contributed by atoms with Crippen LogP contribution in [0.25, 0.3) is 0 Å². The van der Waals surface area contributed by atoms with Crippen LogP contribution in [0.3, 0.4) is 0 Å². The fourth-order valence-corrected chi connectivity index (χ4v) is 3.90. The molecule has 0 radical (unpaired) electrons. The molecule has 3 heterocycles. The predicted molar refractivity (Wildman–Crippen MR) is 102 cm³/mol. The van der Waals surface area contributed by atoms with E-state index in [1.165, 1.54) is 0 Å². The van der Waals surface area contributed by atoms with Crippen molar-refractivity contribution < 1.29 is 18.4 Å². The molecule has 3 rings (SSSR count). The van der Waals surface area contributed by atoms with E-state index in [0.717, 1.165) is 24.4 Å². The number of rotatable bonds is 4. The summed E-state index contributed by atoms with van der Waals surface area (Å²) in [4.78, 5) is 29.7. The molecule has 1 saturated heterocycles. The molecule has 0 unspecified atom stereocenters. The number of hydrogen-bond donors (Lipinski definition) is 0. The van der Waals surface area contributed by atoms with Gasteiger partial charge in [-0.3, -0.25) is 9.59 Å². The Hall–Kier alpha value is -2.50. The van der Waals surface area contributed by atoms with Crippen molar-refractivity contribution in [1.82, 2.24) is 9.80 Å². The zero-order valence-electron chi connectivity index (χ0n) is 16.8. The maximum atomic E-state index is 13.1. The second-order valence-electron chi connectivity index (χ2n) is 7.35. The molecule has 0 saturated carbocycles. The number of hydrogen-bond acceptors (Lipinski definition) is 4. The SMILES string of the molecule is CCC[C@@H]1CN(C(=O)c2cc(C)oc2C)CCN1C(=O)c1cc(C)oc1C. The number of piperazine rings is 1. The minimum Gasteiger partial charge on any atom is -0.466 e. The lowest BCUT2D eigenvalue weighted by atomic mass is 10.0. The number of amides is 2. The molecule has 1 aliphatic rings. The van der Waals surface area contributed by atoms with Gasteiger partial charge < -0.3 is 18.6 Å². The van der Waals surface area contributed by atoms with Crippen molar-refractivity contribution in [3.63, 3.8) is 0 Å². The molecule has 6 nitrogen and oxygen atoms in total. The highest BCUT2D eigenvalue weighted by atomic mass is 16.3. The van der Waals surface area contributed by atoms with E-state index in [0.29, 0.717) is 42.3 Å². The van der Waals surface area contributed by atoms with Gasteiger partial charge in [0.2, 0.25) is 0 Å². The van der Waals surface area contributed by atoms with Crippen molar-refractivity contribution >= 4 is 11.8 Å². The Morgan fingerprint density at radius 3 is 2.00 bits per heavy atom. The highest BCUT2D eigenvalue weighted by Crippen LogP contribution is 2.24. The first-order valence-electron chi connectivity index (χ1n) is 9.56. The minimum atomic E-state index is -0.0205. The van der Waals surface area contributed by atoms with Gasteiger partial charge in [-0.1, -0.05) is 13.3 Å². The highest BCUT2D eigenvalue weighted by molar-refractivity contribution is 5.97. The van der Waals surface area contributed by atoms with Crippen molar-refractivity contribution in [2.75, 3.05) is 19.6 Å². The Morgan fingerprint density at radius 1 is 0.963 bits per heavy atom. The maximum Gasteiger partial charge on any atom is 0.257 e. The Balaban J connectivity index is 1.79. The van der Waals surface area contributed by atoms with Crippen LogP contribution in [0.4, 0.5) is 0 Å². The molecule has 6 heteroatoms. The first kappa shape index (κ1) is 19.3. The van der Waals surface area contributed by atoms with Gasteiger partial charge in [0.1, 0.15) is 23.0 Å². The average Bonchev–Trinajstić information content (AvgIpc) is 3.14. The van der Waals surface area contributed by atoms with Crippen molar-refractivity contribution in [2.24, 2.45) is 0 Å². The minimum absolute atomic E-state index is 0.00288. The molecule has 2 amide bonds. The topological polar surface area (TPSA) is 66.9 Å². The summed E-state index contributed by atoms with van der Waals surface area (Å²) in [5, 5.41) is 0. The first-order valence-corrected chi connectivity index (χ1v) is 9.56. The van der Waals surface area contributed by atoms with Gasteiger partial charge in [0.25, 0.3) is 11.8 Å². The second-order valence-corrected chi connectivity index (χ2v) is 7.35. The molecule has 1 aliphatic heterocycles. The Morgan fingerprint density at radius 2 is 1.52 bits per heavy atom. The maximum absolute atomic E-state index is 13.1. The van der Waals surface area contributed by atoms with Crippen LogP contribution in [-0.4, -0.2) is 47.3 Å². The molecule has 1 fully saturated rings. The molecule has 0 aliphatic carbocycles. The van der Waals surface area contributed by atoms with E-state index < -0.39 is 0 Å². The summed E-state index contributed by atoms with van der Waals surface area (Å²) in [7, 11) is 0. The summed E-state index contributed by atoms with van der Waals surface area (Å²) in [6.45, 7) is 11.0. The number of carbonyl (C=O) groups is 2. The molecule has 0 spiro atoms. The van der Waals surface area contributed by atoms with Gasteiger partial charge in [0.05, 0.1) is 11.1 Å². The Labute approximate surface area is 160 Å². The zero-order chi connectivity index (χ0) is 19.7. The van der Waals surface area contributed by atoms with Gasteiger partial charge >= 0.3 is 0 Å². The second kappa shape index (κ2) is 7.62. The molecule has 2 aromatic heterocycles. The molecule has 2 aromatic rings. The zero-order valence-corrected chi connectivity index (χ0v) is 16.8. The van der Waals surface area contributed by atoms with Crippen LogP contribution in [-0.2, 0) is 0 Å². The van der Waals surface area contributed by atoms with E-state index >= 15 is 0 Å². The van der Waals surface area contributed by atoms with Gasteiger partial charge in [-0.15, -0.1) is 0 Å². The van der Waals surface area contributed by atoms with Crippen molar-refractivity contribution in [3.8, 4) is 0 Å². The fourth-order valence-electron chi connectivity index (χ4n) is 3.90. The fraction of sp³-hybridized carbons (Fsp3) is 0.524. The number of carbonyl (C=O) groups excluding carboxylic acids is 2. The molecular formula is C21H28N2O4. The van der Waals surface area contributed by atoms with Crippen molar-refractivity contribution in [1.29, 1.82) is 0 Å². The van der Waals surface area contributed by atoms with Gasteiger partial charge in [0, 0.05) is 25.7 Å². The molecule has 0 aromatic carbocycles. The highest BCUT2D eigenvalue weighted by Gasteiger charge is 2.34. The normalized spacial score (nSPS) is 17.4. The van der Waals surface area contributed by atoms with Crippen LogP contribution < -0.4 is 0 Å². The van der Waals surface area contributed by atoms with E-state index in [4.69, 9.17) is 8.83 Å². The molecule has 1 atom stereocenters. The van der Waals surface area contributed by atoms with Crippen LogP contribution in [0.2, 0.25) is 0 Å². The Bertz CT molecular complexity index is 848. The summed E-state index contributed by atoms with van der Waals surface area (Å²) >= 11 is 0. The van der Waals surface area contributed by atoms with E-state index in [2.05, 4.69) is 6.92 Å². The van der Waals surface area contributed by atoms with Crippen LogP contribution in [0, 0.1) is 27.7 Å². The van der Waals surface area contributed by atoms with E-state index in [1.54, 1.807) is 12.1 Å². The van der Waals surface area contributed by atoms with Crippen LogP contribution >= 0.6 is 0 Å². The van der Waals surface area contributed by atoms with Crippen LogP contribution in [0.15, 0.2) is 21.0 Å². The monoisotopic (exact) mass is 372 g/mol. The summed E-state index contributed by atoms with van der Waals surface area (Å²) in [6, 6.07) is 3.60. The summed E-state index contributed by atoms with van der Waals surface area (Å²) < 4.78 is 11.0. The number of furan rings is 2. The van der Waals surface area contributed by atoms with Gasteiger partial charge in [0.15, 0.2) is 0 Å². The van der Waals surface area contributed by atoms with E-state index in [9.17, 15) is 9.59 Å². The van der Waals surface area contributed by atoms with Crippen molar-refractivity contribution in [2.45, 2.75) is 53.5 Å². The molecule has 27 heavy (non-hydrogen) atoms. The lowest BCUT2D eigenvalue weighted by Crippen LogP contribution is -2.56. The number of aryl methyl sites for hydroxylation is 4. The lowest BCUT2D eigenvalue weighted by molar-refractivity contribution is 0.0368. The Kier molecular flexibility index (Phi) is 5.44. The third kappa shape index (κ3) is 3.80. The average molecular weight is 372 g/mol. The predicted octanol–water partition coefficient (Wildman–Crippen LogP) is 3.87. The standard InChI is InChI=1S/C21H28N2O4/c1-6-7-17-12-22(20(24)18-10-13(2)26-15(18)4)8-9-23(17)21(25)19-11-14(3)27-16(19)5/h10-11,17H,6-9,12H2,1-5H3/t17-/m1/s1. The summed E-state index contributed by atoms with van der Waals surface area (Å²) in [6.07, 6.45) is 1.80. The first-order chi connectivity index (χ1) is 12.8. The van der Waals surface area contributed by atoms with E-state index in [1.807, 2.05) is 37.5 Å². The molecular weight excluding hydrogens is 344 g/mol. The molecule has 0 bridgehead atoms. The lowest BCUT2D eigenvalue weighted by Gasteiger charge is -2.41. The third-order valence-electron chi connectivity index (χ3n) is 5.20. The van der Waals surface area contributed by atoms with Gasteiger partial charge in [-0.2, -0.15) is 0 Å². The smallest absolute Gasteiger partial charge is 0.257 e. The van der Waals surface area contributed by atoms with E-state index in [-0.39, 0.29) is 17.9 Å². The third-order valence-corrected chi connectivity index (χ3v) is 5.20. The molecule has 146 valence electrons. The summed E-state index contributed by atoms with van der Waals surface area (Å²) in [5.41, 5.74) is 1.23.